The van der Waals surface area contributed by atoms with Crippen molar-refractivity contribution < 1.29 is 0 Å². The van der Waals surface area contributed by atoms with Crippen molar-refractivity contribution in [1.82, 2.24) is 4.57 Å². The van der Waals surface area contributed by atoms with Gasteiger partial charge in [-0.1, -0.05) is 146 Å². The van der Waals surface area contributed by atoms with Crippen LogP contribution in [0.2, 0.25) is 0 Å². The Morgan fingerprint density at radius 2 is 0.660 bits per heavy atom. The lowest BCUT2D eigenvalue weighted by Gasteiger charge is -2.10. The summed E-state index contributed by atoms with van der Waals surface area (Å²) in [6, 6.07) is 71.6. The number of anilines is 2. The number of fused-ring (bicyclic) bond motifs is 3. The van der Waals surface area contributed by atoms with Gasteiger partial charge in [0, 0.05) is 27.8 Å². The lowest BCUT2D eigenvalue weighted by atomic mass is 9.99. The van der Waals surface area contributed by atoms with E-state index in [-0.39, 0.29) is 0 Å². The van der Waals surface area contributed by atoms with E-state index in [0.29, 0.717) is 0 Å². The first-order valence-corrected chi connectivity index (χ1v) is 17.1. The summed E-state index contributed by atoms with van der Waals surface area (Å²) in [5.74, 6) is 0. The molecule has 0 spiro atoms. The highest BCUT2D eigenvalue weighted by Crippen LogP contribution is 2.35. The minimum atomic E-state index is 1.06. The van der Waals surface area contributed by atoms with Crippen molar-refractivity contribution in [3.05, 3.63) is 200 Å². The van der Waals surface area contributed by atoms with Crippen molar-refractivity contribution in [2.24, 2.45) is 0 Å². The Morgan fingerprint density at radius 1 is 0.280 bits per heavy atom. The van der Waals surface area contributed by atoms with E-state index in [4.69, 9.17) is 0 Å². The molecule has 1 aromatic heterocycles. The molecule has 50 heavy (non-hydrogen) atoms. The molecular weight excluding hydrogens is 605 g/mol. The van der Waals surface area contributed by atoms with Crippen LogP contribution in [0.1, 0.15) is 0 Å². The Balaban J connectivity index is 0.902. The second-order valence-corrected chi connectivity index (χ2v) is 12.7. The number of nitrogens with zero attached hydrogens (tertiary/aromatic N) is 1. The highest BCUT2D eigenvalue weighted by Gasteiger charge is 2.13. The molecular formula is C48H34N2. The van der Waals surface area contributed by atoms with Gasteiger partial charge in [-0.25, -0.2) is 0 Å². The van der Waals surface area contributed by atoms with E-state index in [2.05, 4.69) is 210 Å². The maximum absolute atomic E-state index is 3.56. The summed E-state index contributed by atoms with van der Waals surface area (Å²) in [5.41, 5.74) is 15.4. The smallest absolute Gasteiger partial charge is 0.0541 e. The molecule has 0 unspecified atom stereocenters. The average molecular weight is 639 g/mol. The van der Waals surface area contributed by atoms with Crippen LogP contribution in [-0.2, 0) is 0 Å². The van der Waals surface area contributed by atoms with Crippen molar-refractivity contribution in [3.8, 4) is 50.2 Å². The zero-order valence-corrected chi connectivity index (χ0v) is 27.5. The maximum atomic E-state index is 3.56. The van der Waals surface area contributed by atoms with E-state index in [9.17, 15) is 0 Å². The molecule has 0 saturated carbocycles. The quantitative estimate of drug-likeness (QED) is 0.184. The summed E-state index contributed by atoms with van der Waals surface area (Å²) >= 11 is 0. The van der Waals surface area contributed by atoms with Crippen LogP contribution in [0.5, 0.6) is 0 Å². The minimum Gasteiger partial charge on any atom is -0.356 e. The Labute approximate surface area is 292 Å². The van der Waals surface area contributed by atoms with Crippen LogP contribution in [0.15, 0.2) is 200 Å². The predicted molar refractivity (Wildman–Crippen MR) is 212 cm³/mol. The monoisotopic (exact) mass is 638 g/mol. The second-order valence-electron chi connectivity index (χ2n) is 12.7. The summed E-state index contributed by atoms with van der Waals surface area (Å²) in [7, 11) is 0. The third kappa shape index (κ3) is 5.63. The van der Waals surface area contributed by atoms with Gasteiger partial charge in [-0.3, -0.25) is 0 Å². The number of nitrogens with one attached hydrogen (secondary N) is 1. The molecule has 9 rings (SSSR count). The predicted octanol–water partition coefficient (Wildman–Crippen LogP) is 13.2. The van der Waals surface area contributed by atoms with Crippen molar-refractivity contribution in [3.63, 3.8) is 0 Å². The van der Waals surface area contributed by atoms with Crippen LogP contribution < -0.4 is 5.32 Å². The van der Waals surface area contributed by atoms with Gasteiger partial charge in [0.05, 0.1) is 11.0 Å². The zero-order valence-electron chi connectivity index (χ0n) is 27.5. The molecule has 1 N–H and O–H groups in total. The van der Waals surface area contributed by atoms with Gasteiger partial charge >= 0.3 is 0 Å². The van der Waals surface area contributed by atoms with Crippen LogP contribution in [0.25, 0.3) is 72.0 Å². The highest BCUT2D eigenvalue weighted by atomic mass is 15.0. The highest BCUT2D eigenvalue weighted by molar-refractivity contribution is 6.10. The molecule has 0 atom stereocenters. The van der Waals surface area contributed by atoms with Crippen LogP contribution >= 0.6 is 0 Å². The summed E-state index contributed by atoms with van der Waals surface area (Å²) < 4.78 is 2.36. The van der Waals surface area contributed by atoms with Crippen molar-refractivity contribution in [2.45, 2.75) is 0 Å². The molecule has 2 nitrogen and oxygen atoms in total. The standard InChI is InChI=1S/C48H34N2/c1-3-9-34(10-4-1)35-15-17-36(18-16-35)38-23-28-42(29-24-38)49-43-30-25-39(26-31-43)37-19-21-40(22-20-37)41-27-32-48-46(33-41)45-13-7-8-14-47(45)50(48)44-11-5-2-6-12-44/h1-33,49H. The number of rotatable bonds is 7. The van der Waals surface area contributed by atoms with E-state index in [1.165, 1.54) is 72.0 Å². The topological polar surface area (TPSA) is 17.0 Å². The maximum Gasteiger partial charge on any atom is 0.0541 e. The van der Waals surface area contributed by atoms with Crippen molar-refractivity contribution in [1.29, 1.82) is 0 Å². The lowest BCUT2D eigenvalue weighted by molar-refractivity contribution is 1.18. The summed E-state index contributed by atoms with van der Waals surface area (Å²) in [5, 5.41) is 6.09. The van der Waals surface area contributed by atoms with E-state index >= 15 is 0 Å². The first-order valence-electron chi connectivity index (χ1n) is 17.1. The van der Waals surface area contributed by atoms with E-state index in [1.807, 2.05) is 0 Å². The van der Waals surface area contributed by atoms with Gasteiger partial charge < -0.3 is 9.88 Å². The lowest BCUT2D eigenvalue weighted by Crippen LogP contribution is -1.92. The van der Waals surface area contributed by atoms with Crippen LogP contribution in [-0.4, -0.2) is 4.57 Å². The molecule has 0 aliphatic carbocycles. The molecule has 0 aliphatic heterocycles. The largest absolute Gasteiger partial charge is 0.356 e. The van der Waals surface area contributed by atoms with Gasteiger partial charge in [-0.15, -0.1) is 0 Å². The van der Waals surface area contributed by atoms with Gasteiger partial charge in [-0.05, 0) is 99.1 Å². The summed E-state index contributed by atoms with van der Waals surface area (Å²) in [4.78, 5) is 0. The van der Waals surface area contributed by atoms with Crippen molar-refractivity contribution >= 4 is 33.2 Å². The molecule has 0 amide bonds. The molecule has 0 saturated heterocycles. The first kappa shape index (κ1) is 29.5. The number of para-hydroxylation sites is 2. The van der Waals surface area contributed by atoms with Crippen LogP contribution in [0.4, 0.5) is 11.4 Å². The van der Waals surface area contributed by atoms with E-state index in [1.54, 1.807) is 0 Å². The fraction of sp³-hybridized carbons (Fsp3) is 0. The fourth-order valence-electron chi connectivity index (χ4n) is 7.01. The fourth-order valence-corrected chi connectivity index (χ4v) is 7.01. The SMILES string of the molecule is c1ccc(-c2ccc(-c3ccc(Nc4ccc(-c5ccc(-c6ccc7c(c6)c6ccccc6n7-c6ccccc6)cc5)cc4)cc3)cc2)cc1. The summed E-state index contributed by atoms with van der Waals surface area (Å²) in [6.07, 6.45) is 0. The number of aromatic nitrogens is 1. The van der Waals surface area contributed by atoms with Gasteiger partial charge in [0.1, 0.15) is 0 Å². The molecule has 2 heteroatoms. The first-order chi connectivity index (χ1) is 24.8. The number of hydrogen-bond acceptors (Lipinski definition) is 1. The zero-order chi connectivity index (χ0) is 33.3. The Hall–Kier alpha value is -6.64. The van der Waals surface area contributed by atoms with Gasteiger partial charge in [0.2, 0.25) is 0 Å². The van der Waals surface area contributed by atoms with Gasteiger partial charge in [-0.2, -0.15) is 0 Å². The molecule has 1 heterocycles. The molecule has 236 valence electrons. The third-order valence-corrected chi connectivity index (χ3v) is 9.62. The van der Waals surface area contributed by atoms with Crippen molar-refractivity contribution in [2.75, 3.05) is 5.32 Å². The van der Waals surface area contributed by atoms with E-state index < -0.39 is 0 Å². The Kier molecular flexibility index (Phi) is 7.53. The Morgan fingerprint density at radius 3 is 1.20 bits per heavy atom. The molecule has 0 aliphatic rings. The van der Waals surface area contributed by atoms with E-state index in [0.717, 1.165) is 11.4 Å². The number of benzene rings is 8. The number of hydrogen-bond donors (Lipinski definition) is 1. The minimum absolute atomic E-state index is 1.06. The molecule has 9 aromatic rings. The normalized spacial score (nSPS) is 11.2. The molecule has 0 fully saturated rings. The molecule has 0 bridgehead atoms. The average Bonchev–Trinajstić information content (AvgIpc) is 3.53. The molecule has 0 radical (unpaired) electrons. The third-order valence-electron chi connectivity index (χ3n) is 9.62. The molecule has 8 aromatic carbocycles. The Bertz CT molecular complexity index is 2550. The van der Waals surface area contributed by atoms with Crippen LogP contribution in [0.3, 0.4) is 0 Å². The second kappa shape index (κ2) is 12.8. The summed E-state index contributed by atoms with van der Waals surface area (Å²) in [6.45, 7) is 0. The van der Waals surface area contributed by atoms with Gasteiger partial charge in [0.15, 0.2) is 0 Å². The van der Waals surface area contributed by atoms with Gasteiger partial charge in [0.25, 0.3) is 0 Å². The van der Waals surface area contributed by atoms with Crippen LogP contribution in [0, 0.1) is 0 Å².